The van der Waals surface area contributed by atoms with Gasteiger partial charge in [0.15, 0.2) is 5.82 Å². The fraction of sp³-hybridized carbons (Fsp3) is 0.333. The first-order valence-corrected chi connectivity index (χ1v) is 5.27. The predicted molar refractivity (Wildman–Crippen MR) is 60.4 cm³/mol. The summed E-state index contributed by atoms with van der Waals surface area (Å²) < 4.78 is 1.65. The second-order valence-electron chi connectivity index (χ2n) is 3.53. The quantitative estimate of drug-likeness (QED) is 0.845. The van der Waals surface area contributed by atoms with Crippen molar-refractivity contribution in [1.29, 1.82) is 0 Å². The van der Waals surface area contributed by atoms with Crippen molar-refractivity contribution in [2.75, 3.05) is 0 Å². The van der Waals surface area contributed by atoms with Crippen LogP contribution in [0.25, 0.3) is 0 Å². The molecule has 0 unspecified atom stereocenters. The summed E-state index contributed by atoms with van der Waals surface area (Å²) in [6.07, 6.45) is 1.66. The summed E-state index contributed by atoms with van der Waals surface area (Å²) in [6, 6.07) is 1.60. The molecular weight excluding hydrogens is 244 g/mol. The molecule has 2 aromatic rings. The summed E-state index contributed by atoms with van der Waals surface area (Å²) in [7, 11) is 3.41. The third-order valence-corrected chi connectivity index (χ3v) is 2.37. The molecular formula is C9H11ClN6O. The second kappa shape index (κ2) is 4.54. The first kappa shape index (κ1) is 11.6. The van der Waals surface area contributed by atoms with Crippen LogP contribution in [0.3, 0.4) is 0 Å². The van der Waals surface area contributed by atoms with E-state index in [9.17, 15) is 4.79 Å². The van der Waals surface area contributed by atoms with E-state index in [1.165, 1.54) is 4.80 Å². The summed E-state index contributed by atoms with van der Waals surface area (Å²) >= 11 is 5.79. The van der Waals surface area contributed by atoms with Crippen molar-refractivity contribution in [3.05, 3.63) is 28.8 Å². The Bertz CT molecular complexity index is 545. The monoisotopic (exact) mass is 254 g/mol. The highest BCUT2D eigenvalue weighted by Crippen LogP contribution is 2.12. The zero-order valence-corrected chi connectivity index (χ0v) is 10.1. The van der Waals surface area contributed by atoms with Crippen LogP contribution in [0.5, 0.6) is 0 Å². The molecule has 1 amide bonds. The molecule has 0 saturated heterocycles. The number of hydrogen-bond acceptors (Lipinski definition) is 4. The molecule has 0 aliphatic carbocycles. The third kappa shape index (κ3) is 2.62. The van der Waals surface area contributed by atoms with Gasteiger partial charge in [0.25, 0.3) is 5.91 Å². The maximum absolute atomic E-state index is 11.8. The van der Waals surface area contributed by atoms with Crippen molar-refractivity contribution in [2.45, 2.75) is 6.54 Å². The normalized spacial score (nSPS) is 10.5. The highest BCUT2D eigenvalue weighted by Gasteiger charge is 2.11. The topological polar surface area (TPSA) is 77.6 Å². The molecule has 0 atom stereocenters. The number of carbonyl (C=O) groups excluding carboxylic acids is 1. The summed E-state index contributed by atoms with van der Waals surface area (Å²) in [5.74, 6) is 0.230. The van der Waals surface area contributed by atoms with E-state index in [-0.39, 0.29) is 12.5 Å². The smallest absolute Gasteiger partial charge is 0.268 e. The molecule has 2 aromatic heterocycles. The zero-order chi connectivity index (χ0) is 12.4. The molecule has 0 aromatic carbocycles. The lowest BCUT2D eigenvalue weighted by molar-refractivity contribution is 0.0941. The molecule has 0 aliphatic rings. The Hall–Kier alpha value is -1.89. The fourth-order valence-electron chi connectivity index (χ4n) is 1.39. The van der Waals surface area contributed by atoms with Crippen molar-refractivity contribution in [1.82, 2.24) is 30.1 Å². The van der Waals surface area contributed by atoms with E-state index >= 15 is 0 Å². The number of aryl methyl sites for hydroxylation is 2. The molecule has 0 radical (unpaired) electrons. The molecule has 0 bridgehead atoms. The van der Waals surface area contributed by atoms with Gasteiger partial charge in [-0.3, -0.25) is 4.79 Å². The van der Waals surface area contributed by atoms with Gasteiger partial charge in [0.05, 0.1) is 18.6 Å². The summed E-state index contributed by atoms with van der Waals surface area (Å²) in [5, 5.41) is 14.6. The molecule has 0 aliphatic heterocycles. The molecule has 2 heterocycles. The van der Waals surface area contributed by atoms with Crippen molar-refractivity contribution < 1.29 is 4.79 Å². The molecule has 2 rings (SSSR count). The number of aromatic nitrogens is 5. The van der Waals surface area contributed by atoms with E-state index in [0.717, 1.165) is 0 Å². The van der Waals surface area contributed by atoms with Gasteiger partial charge in [0.2, 0.25) is 0 Å². The van der Waals surface area contributed by atoms with E-state index in [1.54, 1.807) is 30.9 Å². The SMILES string of the molecule is Cn1nnc(CNC(=O)c2cc(Cl)cn2C)n1. The Morgan fingerprint density at radius 3 is 2.82 bits per heavy atom. The lowest BCUT2D eigenvalue weighted by Gasteiger charge is -2.02. The maximum atomic E-state index is 11.8. The van der Waals surface area contributed by atoms with E-state index in [2.05, 4.69) is 20.7 Å². The van der Waals surface area contributed by atoms with Crippen LogP contribution in [0.2, 0.25) is 5.02 Å². The van der Waals surface area contributed by atoms with Gasteiger partial charge >= 0.3 is 0 Å². The van der Waals surface area contributed by atoms with Gasteiger partial charge in [-0.2, -0.15) is 4.80 Å². The van der Waals surface area contributed by atoms with E-state index in [1.807, 2.05) is 0 Å². The van der Waals surface area contributed by atoms with Crippen molar-refractivity contribution in [3.8, 4) is 0 Å². The van der Waals surface area contributed by atoms with Gasteiger partial charge in [-0.05, 0) is 11.3 Å². The van der Waals surface area contributed by atoms with Crippen LogP contribution in [-0.4, -0.2) is 30.7 Å². The van der Waals surface area contributed by atoms with Gasteiger partial charge in [-0.15, -0.1) is 10.2 Å². The number of nitrogens with one attached hydrogen (secondary N) is 1. The van der Waals surface area contributed by atoms with E-state index in [4.69, 9.17) is 11.6 Å². The molecule has 8 heteroatoms. The van der Waals surface area contributed by atoms with Crippen LogP contribution >= 0.6 is 11.6 Å². The van der Waals surface area contributed by atoms with Gasteiger partial charge < -0.3 is 9.88 Å². The van der Waals surface area contributed by atoms with Gasteiger partial charge in [0, 0.05) is 13.2 Å². The molecule has 0 saturated carbocycles. The lowest BCUT2D eigenvalue weighted by Crippen LogP contribution is -2.25. The number of carbonyl (C=O) groups is 1. The van der Waals surface area contributed by atoms with E-state index in [0.29, 0.717) is 16.5 Å². The highest BCUT2D eigenvalue weighted by molar-refractivity contribution is 6.31. The molecule has 1 N–H and O–H groups in total. The fourth-order valence-corrected chi connectivity index (χ4v) is 1.64. The largest absolute Gasteiger partial charge is 0.345 e. The Morgan fingerprint density at radius 1 is 1.53 bits per heavy atom. The van der Waals surface area contributed by atoms with Crippen LogP contribution < -0.4 is 5.32 Å². The number of amides is 1. The van der Waals surface area contributed by atoms with Crippen molar-refractivity contribution >= 4 is 17.5 Å². The van der Waals surface area contributed by atoms with Crippen LogP contribution in [0, 0.1) is 0 Å². The standard InChI is InChI=1S/C9H11ClN6O/c1-15-5-6(10)3-7(15)9(17)11-4-8-12-14-16(2)13-8/h3,5H,4H2,1-2H3,(H,11,17). The van der Waals surface area contributed by atoms with Crippen molar-refractivity contribution in [3.63, 3.8) is 0 Å². The summed E-state index contributed by atoms with van der Waals surface area (Å²) in [6.45, 7) is 0.232. The number of rotatable bonds is 3. The first-order valence-electron chi connectivity index (χ1n) is 4.89. The van der Waals surface area contributed by atoms with Gasteiger partial charge in [-0.25, -0.2) is 0 Å². The summed E-state index contributed by atoms with van der Waals surface area (Å²) in [5.41, 5.74) is 0.485. The van der Waals surface area contributed by atoms with Crippen LogP contribution in [0.15, 0.2) is 12.3 Å². The maximum Gasteiger partial charge on any atom is 0.268 e. The zero-order valence-electron chi connectivity index (χ0n) is 9.38. The average Bonchev–Trinajstić information content (AvgIpc) is 2.81. The second-order valence-corrected chi connectivity index (χ2v) is 3.97. The summed E-state index contributed by atoms with van der Waals surface area (Å²) in [4.78, 5) is 13.1. The number of hydrogen-bond donors (Lipinski definition) is 1. The minimum absolute atomic E-state index is 0.230. The Balaban J connectivity index is 2.00. The van der Waals surface area contributed by atoms with Crippen LogP contribution in [0.4, 0.5) is 0 Å². The number of tetrazole rings is 1. The first-order chi connectivity index (χ1) is 8.06. The van der Waals surface area contributed by atoms with E-state index < -0.39 is 0 Å². The van der Waals surface area contributed by atoms with Gasteiger partial charge in [0.1, 0.15) is 5.69 Å². The Morgan fingerprint density at radius 2 is 2.29 bits per heavy atom. The van der Waals surface area contributed by atoms with Gasteiger partial charge in [-0.1, -0.05) is 11.6 Å². The molecule has 7 nitrogen and oxygen atoms in total. The Labute approximate surface area is 102 Å². The predicted octanol–water partition coefficient (Wildman–Crippen LogP) is 0.132. The molecule has 90 valence electrons. The highest BCUT2D eigenvalue weighted by atomic mass is 35.5. The molecule has 17 heavy (non-hydrogen) atoms. The molecule has 0 spiro atoms. The third-order valence-electron chi connectivity index (χ3n) is 2.16. The van der Waals surface area contributed by atoms with Crippen LogP contribution in [0.1, 0.15) is 16.3 Å². The minimum atomic E-state index is -0.230. The van der Waals surface area contributed by atoms with Crippen molar-refractivity contribution in [2.24, 2.45) is 14.1 Å². The lowest BCUT2D eigenvalue weighted by atomic mass is 10.4. The Kier molecular flexibility index (Phi) is 3.10. The average molecular weight is 255 g/mol. The molecule has 0 fully saturated rings. The minimum Gasteiger partial charge on any atom is -0.345 e. The van der Waals surface area contributed by atoms with Crippen LogP contribution in [-0.2, 0) is 20.6 Å². The number of nitrogens with zero attached hydrogens (tertiary/aromatic N) is 5. The number of halogens is 1.